The Morgan fingerprint density at radius 3 is 2.48 bits per heavy atom. The lowest BCUT2D eigenvalue weighted by molar-refractivity contribution is 0.248. The fourth-order valence-corrected chi connectivity index (χ4v) is 3.13. The fraction of sp³-hybridized carbons (Fsp3) is 0.467. The fourth-order valence-electron chi connectivity index (χ4n) is 2.89. The Bertz CT molecular complexity index is 638. The van der Waals surface area contributed by atoms with E-state index >= 15 is 0 Å². The molecule has 1 saturated heterocycles. The van der Waals surface area contributed by atoms with Crippen LogP contribution in [0.2, 0.25) is 0 Å². The van der Waals surface area contributed by atoms with Crippen LogP contribution in [-0.2, 0) is 0 Å². The van der Waals surface area contributed by atoms with Gasteiger partial charge in [0.05, 0.1) is 5.69 Å². The van der Waals surface area contributed by atoms with Crippen molar-refractivity contribution in [1.29, 1.82) is 0 Å². The summed E-state index contributed by atoms with van der Waals surface area (Å²) in [5, 5.41) is 7.37. The van der Waals surface area contributed by atoms with E-state index < -0.39 is 0 Å². The van der Waals surface area contributed by atoms with Gasteiger partial charge in [-0.1, -0.05) is 18.2 Å². The van der Waals surface area contributed by atoms with Crippen LogP contribution >= 0.6 is 12.2 Å². The van der Waals surface area contributed by atoms with Crippen molar-refractivity contribution in [2.45, 2.75) is 18.9 Å². The number of piperidine rings is 1. The average Bonchev–Trinajstić information content (AvgIpc) is 2.90. The number of nitrogens with one attached hydrogen (secondary N) is 1. The first-order valence-electron chi connectivity index (χ1n) is 7.31. The molecule has 1 aliphatic rings. The third-order valence-corrected chi connectivity index (χ3v) is 4.42. The van der Waals surface area contributed by atoms with E-state index in [4.69, 9.17) is 12.2 Å². The molecule has 21 heavy (non-hydrogen) atoms. The topological polar surface area (TPSA) is 40.1 Å². The van der Waals surface area contributed by atoms with E-state index in [1.807, 2.05) is 22.8 Å². The lowest BCUT2D eigenvalue weighted by Crippen LogP contribution is -2.42. The van der Waals surface area contributed by atoms with Crippen molar-refractivity contribution in [2.75, 3.05) is 32.1 Å². The number of aromatic nitrogens is 3. The largest absolute Gasteiger partial charge is 0.341 e. The summed E-state index contributed by atoms with van der Waals surface area (Å²) in [6.07, 6.45) is 2.31. The van der Waals surface area contributed by atoms with Crippen molar-refractivity contribution in [1.82, 2.24) is 19.7 Å². The number of para-hydroxylation sites is 1. The molecule has 2 heterocycles. The predicted molar refractivity (Wildman–Crippen MR) is 87.7 cm³/mol. The van der Waals surface area contributed by atoms with Gasteiger partial charge in [0.25, 0.3) is 0 Å². The van der Waals surface area contributed by atoms with Gasteiger partial charge < -0.3 is 9.80 Å². The number of H-pyrrole nitrogens is 1. The molecule has 0 bridgehead atoms. The molecule has 0 unspecified atom stereocenters. The van der Waals surface area contributed by atoms with Gasteiger partial charge in [0.1, 0.15) is 0 Å². The smallest absolute Gasteiger partial charge is 0.230 e. The summed E-state index contributed by atoms with van der Waals surface area (Å²) in [5.41, 5.74) is 1.06. The number of hydrogen-bond donors (Lipinski definition) is 1. The average molecular weight is 303 g/mol. The van der Waals surface area contributed by atoms with Gasteiger partial charge in [0.2, 0.25) is 10.7 Å². The molecule has 0 aliphatic carbocycles. The van der Waals surface area contributed by atoms with Crippen LogP contribution in [0.15, 0.2) is 30.3 Å². The Morgan fingerprint density at radius 2 is 1.86 bits per heavy atom. The standard InChI is InChI=1S/C15H21N5S/c1-18(2)12-8-10-19(11-9-12)14-16-17-15(21)20(14)13-6-4-3-5-7-13/h3-7,12H,8-11H2,1-2H3,(H,17,21). The second kappa shape index (κ2) is 5.99. The molecule has 1 aromatic heterocycles. The quantitative estimate of drug-likeness (QED) is 0.884. The zero-order chi connectivity index (χ0) is 14.8. The Labute approximate surface area is 130 Å². The maximum atomic E-state index is 5.40. The third-order valence-electron chi connectivity index (χ3n) is 4.15. The van der Waals surface area contributed by atoms with Gasteiger partial charge >= 0.3 is 0 Å². The van der Waals surface area contributed by atoms with Gasteiger partial charge in [0.15, 0.2) is 0 Å². The molecule has 0 amide bonds. The molecule has 1 aliphatic heterocycles. The minimum absolute atomic E-state index is 0.644. The molecule has 6 heteroatoms. The molecule has 1 aromatic carbocycles. The predicted octanol–water partition coefficient (Wildman–Crippen LogP) is 2.46. The molecule has 5 nitrogen and oxygen atoms in total. The summed E-state index contributed by atoms with van der Waals surface area (Å²) in [5.74, 6) is 0.920. The Morgan fingerprint density at radius 1 is 1.19 bits per heavy atom. The van der Waals surface area contributed by atoms with Crippen LogP contribution in [-0.4, -0.2) is 52.9 Å². The zero-order valence-electron chi connectivity index (χ0n) is 12.5. The lowest BCUT2D eigenvalue weighted by atomic mass is 10.0. The zero-order valence-corrected chi connectivity index (χ0v) is 13.3. The number of hydrogen-bond acceptors (Lipinski definition) is 4. The van der Waals surface area contributed by atoms with E-state index in [1.165, 1.54) is 0 Å². The SMILES string of the molecule is CN(C)C1CCN(c2n[nH]c(=S)n2-c2ccccc2)CC1. The number of anilines is 1. The summed E-state index contributed by atoms with van der Waals surface area (Å²) in [4.78, 5) is 4.63. The van der Waals surface area contributed by atoms with E-state index in [-0.39, 0.29) is 0 Å². The van der Waals surface area contributed by atoms with Gasteiger partial charge in [-0.2, -0.15) is 0 Å². The highest BCUT2D eigenvalue weighted by Crippen LogP contribution is 2.23. The highest BCUT2D eigenvalue weighted by molar-refractivity contribution is 7.71. The van der Waals surface area contributed by atoms with E-state index in [1.54, 1.807) is 0 Å². The molecule has 0 radical (unpaired) electrons. The highest BCUT2D eigenvalue weighted by Gasteiger charge is 2.24. The second-order valence-electron chi connectivity index (χ2n) is 5.68. The second-order valence-corrected chi connectivity index (χ2v) is 6.07. The Balaban J connectivity index is 1.86. The Kier molecular flexibility index (Phi) is 4.07. The normalized spacial score (nSPS) is 16.6. The van der Waals surface area contributed by atoms with Crippen molar-refractivity contribution in [3.8, 4) is 5.69 Å². The van der Waals surface area contributed by atoms with Crippen LogP contribution in [0.1, 0.15) is 12.8 Å². The molecule has 0 spiro atoms. The molecule has 1 N–H and O–H groups in total. The van der Waals surface area contributed by atoms with Crippen molar-refractivity contribution < 1.29 is 0 Å². The molecular weight excluding hydrogens is 282 g/mol. The summed E-state index contributed by atoms with van der Waals surface area (Å²) in [6, 6.07) is 10.8. The monoisotopic (exact) mass is 303 g/mol. The van der Waals surface area contributed by atoms with Crippen LogP contribution in [0.3, 0.4) is 0 Å². The minimum atomic E-state index is 0.644. The first kappa shape index (κ1) is 14.3. The molecule has 1 fully saturated rings. The molecular formula is C15H21N5S. The summed E-state index contributed by atoms with van der Waals surface area (Å²) < 4.78 is 2.66. The molecule has 112 valence electrons. The van der Waals surface area contributed by atoms with E-state index in [0.29, 0.717) is 10.8 Å². The van der Waals surface area contributed by atoms with E-state index in [0.717, 1.165) is 37.6 Å². The van der Waals surface area contributed by atoms with E-state index in [9.17, 15) is 0 Å². The number of rotatable bonds is 3. The Hall–Kier alpha value is -1.66. The van der Waals surface area contributed by atoms with Crippen molar-refractivity contribution >= 4 is 18.2 Å². The van der Waals surface area contributed by atoms with Gasteiger partial charge in [0, 0.05) is 19.1 Å². The lowest BCUT2D eigenvalue weighted by Gasteiger charge is -2.35. The van der Waals surface area contributed by atoms with Gasteiger partial charge in [-0.3, -0.25) is 4.57 Å². The third kappa shape index (κ3) is 2.87. The number of nitrogens with zero attached hydrogens (tertiary/aromatic N) is 4. The van der Waals surface area contributed by atoms with Crippen molar-refractivity contribution in [2.24, 2.45) is 0 Å². The maximum absolute atomic E-state index is 5.40. The van der Waals surface area contributed by atoms with Gasteiger partial charge in [-0.25, -0.2) is 5.10 Å². The summed E-state index contributed by atoms with van der Waals surface area (Å²) in [7, 11) is 4.31. The maximum Gasteiger partial charge on any atom is 0.230 e. The molecule has 0 atom stereocenters. The van der Waals surface area contributed by atoms with Crippen LogP contribution in [0.4, 0.5) is 5.95 Å². The van der Waals surface area contributed by atoms with Gasteiger partial charge in [-0.05, 0) is 51.3 Å². The summed E-state index contributed by atoms with van der Waals surface area (Å²) in [6.45, 7) is 2.02. The van der Waals surface area contributed by atoms with Crippen LogP contribution < -0.4 is 4.90 Å². The molecule has 2 aromatic rings. The van der Waals surface area contributed by atoms with Crippen LogP contribution in [0.25, 0.3) is 5.69 Å². The highest BCUT2D eigenvalue weighted by atomic mass is 32.1. The molecule has 3 rings (SSSR count). The van der Waals surface area contributed by atoms with Crippen molar-refractivity contribution in [3.05, 3.63) is 35.1 Å². The first-order chi connectivity index (χ1) is 10.2. The van der Waals surface area contributed by atoms with Gasteiger partial charge in [-0.15, -0.1) is 5.10 Å². The first-order valence-corrected chi connectivity index (χ1v) is 7.72. The van der Waals surface area contributed by atoms with Crippen LogP contribution in [0, 0.1) is 4.77 Å². The van der Waals surface area contributed by atoms with Crippen molar-refractivity contribution in [3.63, 3.8) is 0 Å². The summed E-state index contributed by atoms with van der Waals surface area (Å²) >= 11 is 5.40. The van der Waals surface area contributed by atoms with Crippen LogP contribution in [0.5, 0.6) is 0 Å². The minimum Gasteiger partial charge on any atom is -0.341 e. The van der Waals surface area contributed by atoms with E-state index in [2.05, 4.69) is 46.2 Å². The number of aromatic amines is 1. The number of benzene rings is 1. The molecule has 0 saturated carbocycles.